The number of anilines is 1. The second-order valence-corrected chi connectivity index (χ2v) is 13.3. The SMILES string of the molecule is CC1=NN(c2ccccc2)C(=O)[C@H]1N=Nc1ccc(-c2ccc(N=Nc3c(O)ccc4ccccc34)cc2S(=O)(=O)O)c(S(=O)(=O)O)c1. The standard InChI is InChI=1S/C32H24N6O8S2/c1-19-30(32(40)38(37-19)23-8-3-2-4-9-23)35-33-21-12-14-25(28(17-21)47(41,42)43)26-15-13-22(18-29(26)48(44,45)46)34-36-31-24-10-6-5-7-20(24)11-16-27(31)39/h2-18,30,39H,1H3,(H,41,42,43)(H,44,45,46)/t30-/m0/s1. The minimum Gasteiger partial charge on any atom is -0.506 e. The number of phenols is 1. The van der Waals surface area contributed by atoms with Crippen molar-refractivity contribution in [2.45, 2.75) is 22.8 Å². The lowest BCUT2D eigenvalue weighted by Gasteiger charge is -2.13. The van der Waals surface area contributed by atoms with Crippen LogP contribution in [0.25, 0.3) is 21.9 Å². The molecule has 0 aliphatic carbocycles. The Morgan fingerprint density at radius 1 is 0.708 bits per heavy atom. The lowest BCUT2D eigenvalue weighted by Crippen LogP contribution is -2.29. The molecule has 1 aliphatic heterocycles. The Hall–Kier alpha value is -5.68. The Balaban J connectivity index is 1.35. The second kappa shape index (κ2) is 12.5. The van der Waals surface area contributed by atoms with Crippen LogP contribution in [0.5, 0.6) is 5.75 Å². The largest absolute Gasteiger partial charge is 0.506 e. The number of amides is 1. The van der Waals surface area contributed by atoms with Gasteiger partial charge in [-0.3, -0.25) is 13.9 Å². The fraction of sp³-hybridized carbons (Fsp3) is 0.0625. The number of carbonyl (C=O) groups excluding carboxylic acids is 1. The van der Waals surface area contributed by atoms with Crippen LogP contribution in [-0.4, -0.2) is 48.7 Å². The highest BCUT2D eigenvalue weighted by Crippen LogP contribution is 2.39. The maximum atomic E-state index is 13.0. The van der Waals surface area contributed by atoms with Gasteiger partial charge in [-0.1, -0.05) is 60.7 Å². The van der Waals surface area contributed by atoms with E-state index < -0.39 is 42.0 Å². The molecule has 242 valence electrons. The Bertz CT molecular complexity index is 2410. The fourth-order valence-electron chi connectivity index (χ4n) is 5.04. The topological polar surface area (TPSA) is 211 Å². The molecule has 0 spiro atoms. The van der Waals surface area contributed by atoms with Crippen molar-refractivity contribution in [1.29, 1.82) is 0 Å². The summed E-state index contributed by atoms with van der Waals surface area (Å²) in [5.74, 6) is -0.660. The number of benzene rings is 5. The van der Waals surface area contributed by atoms with Crippen LogP contribution >= 0.6 is 0 Å². The van der Waals surface area contributed by atoms with Crippen LogP contribution in [-0.2, 0) is 25.0 Å². The lowest BCUT2D eigenvalue weighted by atomic mass is 10.0. The zero-order chi connectivity index (χ0) is 34.2. The average Bonchev–Trinajstić information content (AvgIpc) is 3.35. The summed E-state index contributed by atoms with van der Waals surface area (Å²) in [6.45, 7) is 1.59. The van der Waals surface area contributed by atoms with E-state index in [0.717, 1.165) is 17.5 Å². The molecule has 48 heavy (non-hydrogen) atoms. The minimum absolute atomic E-state index is 0.0552. The van der Waals surface area contributed by atoms with E-state index in [-0.39, 0.29) is 33.9 Å². The molecule has 0 saturated carbocycles. The van der Waals surface area contributed by atoms with E-state index in [1.165, 1.54) is 35.3 Å². The number of phenolic OH excluding ortho intramolecular Hbond substituents is 1. The summed E-state index contributed by atoms with van der Waals surface area (Å²) in [4.78, 5) is 11.5. The third-order valence-corrected chi connectivity index (χ3v) is 9.09. The first-order valence-corrected chi connectivity index (χ1v) is 16.9. The average molecular weight is 685 g/mol. The molecule has 0 saturated heterocycles. The summed E-state index contributed by atoms with van der Waals surface area (Å²) < 4.78 is 70.2. The first-order chi connectivity index (χ1) is 22.8. The van der Waals surface area contributed by atoms with E-state index in [1.807, 2.05) is 6.07 Å². The highest BCUT2D eigenvalue weighted by molar-refractivity contribution is 7.86. The van der Waals surface area contributed by atoms with E-state index in [9.17, 15) is 35.8 Å². The molecule has 1 amide bonds. The number of fused-ring (bicyclic) bond motifs is 1. The van der Waals surface area contributed by atoms with Crippen LogP contribution in [0, 0.1) is 0 Å². The Morgan fingerprint density at radius 3 is 1.92 bits per heavy atom. The van der Waals surface area contributed by atoms with E-state index in [1.54, 1.807) is 61.5 Å². The van der Waals surface area contributed by atoms with E-state index in [0.29, 0.717) is 16.8 Å². The van der Waals surface area contributed by atoms with Gasteiger partial charge in [0.15, 0.2) is 6.04 Å². The van der Waals surface area contributed by atoms with Gasteiger partial charge in [0.2, 0.25) is 0 Å². The van der Waals surface area contributed by atoms with E-state index >= 15 is 0 Å². The van der Waals surface area contributed by atoms with E-state index in [2.05, 4.69) is 25.6 Å². The van der Waals surface area contributed by atoms with Crippen molar-refractivity contribution in [3.05, 3.63) is 103 Å². The molecule has 1 atom stereocenters. The molecule has 16 heteroatoms. The van der Waals surface area contributed by atoms with Crippen LogP contribution in [0.4, 0.5) is 22.7 Å². The van der Waals surface area contributed by atoms with Gasteiger partial charge in [-0.25, -0.2) is 0 Å². The van der Waals surface area contributed by atoms with Crippen LogP contribution in [0.2, 0.25) is 0 Å². The number of hydrazone groups is 1. The number of aromatic hydroxyl groups is 1. The molecule has 14 nitrogen and oxygen atoms in total. The van der Waals surface area contributed by atoms with Gasteiger partial charge in [-0.15, -0.1) is 5.11 Å². The molecule has 0 radical (unpaired) electrons. The van der Waals surface area contributed by atoms with Crippen LogP contribution in [0.1, 0.15) is 6.92 Å². The van der Waals surface area contributed by atoms with Crippen molar-refractivity contribution in [3.63, 3.8) is 0 Å². The summed E-state index contributed by atoms with van der Waals surface area (Å²) in [5.41, 5.74) is 0.269. The predicted molar refractivity (Wildman–Crippen MR) is 177 cm³/mol. The molecule has 3 N–H and O–H groups in total. The van der Waals surface area contributed by atoms with Gasteiger partial charge in [0.1, 0.15) is 21.2 Å². The zero-order valence-corrected chi connectivity index (χ0v) is 26.4. The van der Waals surface area contributed by atoms with Crippen molar-refractivity contribution in [2.75, 3.05) is 5.01 Å². The van der Waals surface area contributed by atoms with Gasteiger partial charge in [0.25, 0.3) is 26.1 Å². The van der Waals surface area contributed by atoms with Crippen LogP contribution < -0.4 is 5.01 Å². The molecule has 1 aliphatic rings. The number of hydrogen-bond donors (Lipinski definition) is 3. The minimum atomic E-state index is -5.00. The molecule has 5 aromatic rings. The molecule has 0 aromatic heterocycles. The van der Waals surface area contributed by atoms with Gasteiger partial charge in [0, 0.05) is 16.5 Å². The number of para-hydroxylation sites is 1. The maximum Gasteiger partial charge on any atom is 0.295 e. The van der Waals surface area contributed by atoms with Gasteiger partial charge in [-0.05, 0) is 54.8 Å². The summed E-state index contributed by atoms with van der Waals surface area (Å²) in [5, 5.41) is 33.3. The second-order valence-electron chi connectivity index (χ2n) is 10.5. The smallest absolute Gasteiger partial charge is 0.295 e. The molecule has 0 fully saturated rings. The Labute approximate surface area is 273 Å². The van der Waals surface area contributed by atoms with Gasteiger partial charge in [0.05, 0.1) is 22.8 Å². The lowest BCUT2D eigenvalue weighted by molar-refractivity contribution is -0.117. The fourth-order valence-corrected chi connectivity index (χ4v) is 6.49. The van der Waals surface area contributed by atoms with Crippen molar-refractivity contribution >= 4 is 65.4 Å². The summed E-state index contributed by atoms with van der Waals surface area (Å²) in [6, 6.07) is 24.6. The molecule has 6 rings (SSSR count). The van der Waals surface area contributed by atoms with Gasteiger partial charge in [-0.2, -0.15) is 42.3 Å². The quantitative estimate of drug-likeness (QED) is 0.114. The third-order valence-electron chi connectivity index (χ3n) is 7.31. The van der Waals surface area contributed by atoms with Crippen molar-refractivity contribution in [1.82, 2.24) is 0 Å². The van der Waals surface area contributed by atoms with Crippen molar-refractivity contribution in [2.24, 2.45) is 25.6 Å². The highest BCUT2D eigenvalue weighted by atomic mass is 32.2. The van der Waals surface area contributed by atoms with Crippen LogP contribution in [0.3, 0.4) is 0 Å². The monoisotopic (exact) mass is 684 g/mol. The highest BCUT2D eigenvalue weighted by Gasteiger charge is 2.34. The number of rotatable bonds is 8. The molecular formula is C32H24N6O8S2. The first kappa shape index (κ1) is 32.3. The van der Waals surface area contributed by atoms with Crippen molar-refractivity contribution in [3.8, 4) is 16.9 Å². The number of hydrogen-bond acceptors (Lipinski definition) is 11. The Morgan fingerprint density at radius 2 is 1.29 bits per heavy atom. The van der Waals surface area contributed by atoms with Crippen LogP contribution in [0.15, 0.2) is 138 Å². The number of carbonyl (C=O) groups is 1. The first-order valence-electron chi connectivity index (χ1n) is 14.0. The summed E-state index contributed by atoms with van der Waals surface area (Å²) >= 11 is 0. The third kappa shape index (κ3) is 6.45. The van der Waals surface area contributed by atoms with Crippen molar-refractivity contribution < 1.29 is 35.8 Å². The summed E-state index contributed by atoms with van der Waals surface area (Å²) in [7, 11) is -9.99. The molecular weight excluding hydrogens is 661 g/mol. The summed E-state index contributed by atoms with van der Waals surface area (Å²) in [6.07, 6.45) is 0. The molecule has 0 bridgehead atoms. The van der Waals surface area contributed by atoms with Gasteiger partial charge >= 0.3 is 0 Å². The molecule has 5 aromatic carbocycles. The number of azo groups is 2. The zero-order valence-electron chi connectivity index (χ0n) is 24.8. The Kier molecular flexibility index (Phi) is 8.40. The molecule has 1 heterocycles. The number of nitrogens with zero attached hydrogens (tertiary/aromatic N) is 6. The van der Waals surface area contributed by atoms with E-state index in [4.69, 9.17) is 0 Å². The maximum absolute atomic E-state index is 13.0. The predicted octanol–water partition coefficient (Wildman–Crippen LogP) is 7.00. The normalized spacial score (nSPS) is 15.6. The molecule has 0 unspecified atom stereocenters. The van der Waals surface area contributed by atoms with Gasteiger partial charge < -0.3 is 5.11 Å².